The fourth-order valence-corrected chi connectivity index (χ4v) is 12.4. The minimum atomic E-state index is -1.42. The zero-order valence-electron chi connectivity index (χ0n) is 38.7. The summed E-state index contributed by atoms with van der Waals surface area (Å²) in [5, 5.41) is 13.3. The molecular weight excluding hydrogens is 829 g/mol. The molecule has 320 valence electrons. The van der Waals surface area contributed by atoms with E-state index in [0.717, 1.165) is 22.7 Å². The molecule has 0 aromatic heterocycles. The van der Waals surface area contributed by atoms with Crippen molar-refractivity contribution >= 4 is 104 Å². The highest BCUT2D eigenvalue weighted by Gasteiger charge is 2.22. The molecule has 0 N–H and O–H groups in total. The zero-order chi connectivity index (χ0) is 45.2. The van der Waals surface area contributed by atoms with Gasteiger partial charge in [-0.3, -0.25) is 0 Å². The van der Waals surface area contributed by atoms with Crippen molar-refractivity contribution in [2.75, 3.05) is 9.80 Å². The third kappa shape index (κ3) is 7.37. The van der Waals surface area contributed by atoms with Gasteiger partial charge in [0.25, 0.3) is 0 Å². The molecule has 2 nitrogen and oxygen atoms in total. The minimum Gasteiger partial charge on any atom is -0.311 e. The van der Waals surface area contributed by atoms with Crippen molar-refractivity contribution in [1.29, 1.82) is 0 Å². The van der Waals surface area contributed by atoms with E-state index in [4.69, 9.17) is 0 Å². The first-order valence-electron chi connectivity index (χ1n) is 23.3. The smallest absolute Gasteiger partial charge is 0.0775 e. The maximum absolute atomic E-state index is 2.41. The van der Waals surface area contributed by atoms with Crippen LogP contribution in [0.25, 0.3) is 65.3 Å². The monoisotopic (exact) mass is 882 g/mol. The summed E-state index contributed by atoms with van der Waals surface area (Å²) in [4.78, 5) is 4.73. The first-order valence-corrected chi connectivity index (χ1v) is 30.3. The molecule has 11 rings (SSSR count). The number of benzene rings is 11. The number of para-hydroxylation sites is 2. The molecule has 11 aromatic carbocycles. The lowest BCUT2D eigenvalue weighted by Gasteiger charge is -2.27. The molecular formula is C62H54N2Si2. The van der Waals surface area contributed by atoms with Crippen molar-refractivity contribution in [3.05, 3.63) is 218 Å². The lowest BCUT2D eigenvalue weighted by atomic mass is 9.85. The number of rotatable bonds is 10. The van der Waals surface area contributed by atoms with Crippen molar-refractivity contribution in [3.8, 4) is 22.3 Å². The van der Waals surface area contributed by atoms with Crippen LogP contribution in [0.1, 0.15) is 0 Å². The lowest BCUT2D eigenvalue weighted by Crippen LogP contribution is -2.37. The van der Waals surface area contributed by atoms with Gasteiger partial charge in [-0.15, -0.1) is 0 Å². The van der Waals surface area contributed by atoms with Crippen molar-refractivity contribution in [3.63, 3.8) is 0 Å². The van der Waals surface area contributed by atoms with Crippen molar-refractivity contribution in [2.24, 2.45) is 0 Å². The molecule has 0 saturated heterocycles. The Bertz CT molecular complexity index is 3240. The number of fused-ring (bicyclic) bond motifs is 2. The normalized spacial score (nSPS) is 12.1. The molecule has 0 unspecified atom stereocenters. The quantitative estimate of drug-likeness (QED) is 0.0767. The summed E-state index contributed by atoms with van der Waals surface area (Å²) in [6.07, 6.45) is 0. The Morgan fingerprint density at radius 3 is 0.864 bits per heavy atom. The molecule has 4 heteroatoms. The largest absolute Gasteiger partial charge is 0.311 e. The van der Waals surface area contributed by atoms with E-state index in [1.807, 2.05) is 0 Å². The van der Waals surface area contributed by atoms with Crippen molar-refractivity contribution < 1.29 is 0 Å². The van der Waals surface area contributed by atoms with Gasteiger partial charge in [0.05, 0.1) is 16.1 Å². The van der Waals surface area contributed by atoms with Gasteiger partial charge in [0.2, 0.25) is 0 Å². The van der Waals surface area contributed by atoms with Gasteiger partial charge in [-0.2, -0.15) is 0 Å². The van der Waals surface area contributed by atoms with E-state index < -0.39 is 16.1 Å². The molecule has 66 heavy (non-hydrogen) atoms. The predicted octanol–water partition coefficient (Wildman–Crippen LogP) is 17.1. The van der Waals surface area contributed by atoms with Crippen LogP contribution < -0.4 is 20.2 Å². The molecule has 0 aliphatic rings. The molecule has 0 atom stereocenters. The number of hydrogen-bond donors (Lipinski definition) is 0. The fraction of sp³-hybridized carbons (Fsp3) is 0.0968. The zero-order valence-corrected chi connectivity index (χ0v) is 40.7. The summed E-state index contributed by atoms with van der Waals surface area (Å²) in [5.74, 6) is 0. The molecule has 0 amide bonds. The predicted molar refractivity (Wildman–Crippen MR) is 294 cm³/mol. The molecule has 0 saturated carbocycles. The fourth-order valence-electron chi connectivity index (χ4n) is 10.1. The summed E-state index contributed by atoms with van der Waals surface area (Å²) in [6, 6.07) is 81.3. The van der Waals surface area contributed by atoms with Crippen molar-refractivity contribution in [1.82, 2.24) is 0 Å². The third-order valence-corrected chi connectivity index (χ3v) is 17.7. The van der Waals surface area contributed by atoms with E-state index in [2.05, 4.69) is 267 Å². The number of anilines is 6. The van der Waals surface area contributed by atoms with Crippen LogP contribution in [-0.4, -0.2) is 16.1 Å². The van der Waals surface area contributed by atoms with Gasteiger partial charge >= 0.3 is 0 Å². The molecule has 0 bridgehead atoms. The van der Waals surface area contributed by atoms with Gasteiger partial charge < -0.3 is 9.80 Å². The number of hydrogen-bond acceptors (Lipinski definition) is 2. The van der Waals surface area contributed by atoms with E-state index in [1.165, 1.54) is 87.1 Å². The molecule has 0 fully saturated rings. The van der Waals surface area contributed by atoms with Crippen LogP contribution in [0.5, 0.6) is 0 Å². The Kier molecular flexibility index (Phi) is 10.3. The van der Waals surface area contributed by atoms with Crippen LogP contribution in [0.2, 0.25) is 39.3 Å². The molecule has 11 aromatic rings. The average molecular weight is 883 g/mol. The van der Waals surface area contributed by atoms with Gasteiger partial charge in [0.15, 0.2) is 0 Å². The maximum Gasteiger partial charge on any atom is 0.0775 e. The minimum absolute atomic E-state index is 1.14. The van der Waals surface area contributed by atoms with E-state index >= 15 is 0 Å². The topological polar surface area (TPSA) is 6.48 Å². The molecule has 0 aliphatic carbocycles. The molecule has 0 spiro atoms. The summed E-state index contributed by atoms with van der Waals surface area (Å²) in [7, 11) is -2.84. The standard InChI is InChI=1S/C62H54N2Si2/c1-65(2,3)51-35-31-49(32-36-51)63(45-15-9-7-10-16-45)47-27-23-43(24-28-47)53-39-41-59-58-22-14-20-56-54(40-42-60(62(56)58)57-21-13-19-55(53)61(57)59)44-25-29-48(30-26-44)64(46-17-11-8-12-18-46)50-33-37-52(38-34-50)66(4,5)6/h7-42H,1-6H3. The van der Waals surface area contributed by atoms with Crippen LogP contribution in [-0.2, 0) is 0 Å². The highest BCUT2D eigenvalue weighted by atomic mass is 28.3. The van der Waals surface area contributed by atoms with Crippen LogP contribution in [0.4, 0.5) is 34.1 Å². The van der Waals surface area contributed by atoms with E-state index in [-0.39, 0.29) is 0 Å². The van der Waals surface area contributed by atoms with Crippen LogP contribution in [0.15, 0.2) is 218 Å². The Morgan fingerprint density at radius 1 is 0.242 bits per heavy atom. The van der Waals surface area contributed by atoms with E-state index in [0.29, 0.717) is 0 Å². The summed E-state index contributed by atoms with van der Waals surface area (Å²) in [6.45, 7) is 14.4. The summed E-state index contributed by atoms with van der Waals surface area (Å²) in [5.41, 5.74) is 11.8. The van der Waals surface area contributed by atoms with Gasteiger partial charge in [-0.25, -0.2) is 0 Å². The summed E-state index contributed by atoms with van der Waals surface area (Å²) < 4.78 is 0. The van der Waals surface area contributed by atoms with Crippen LogP contribution in [0.3, 0.4) is 0 Å². The molecule has 0 radical (unpaired) electrons. The second-order valence-corrected chi connectivity index (χ2v) is 30.0. The van der Waals surface area contributed by atoms with Gasteiger partial charge in [0, 0.05) is 34.1 Å². The SMILES string of the molecule is C[Si](C)(C)c1ccc(N(c2ccccc2)c2ccc(-c3ccc4c5cccc6c(-c7ccc(N(c8ccccc8)c8ccc([Si](C)(C)C)cc8)cc7)ccc(c7cccc3c74)c65)cc2)cc1. The first kappa shape index (κ1) is 41.5. The van der Waals surface area contributed by atoms with Crippen LogP contribution in [0, 0.1) is 0 Å². The second kappa shape index (κ2) is 16.3. The lowest BCUT2D eigenvalue weighted by molar-refractivity contribution is 1.28. The highest BCUT2D eigenvalue weighted by molar-refractivity contribution is 6.89. The Balaban J connectivity index is 0.968. The molecule has 0 aliphatic heterocycles. The first-order chi connectivity index (χ1) is 32.0. The van der Waals surface area contributed by atoms with Gasteiger partial charge in [-0.1, -0.05) is 195 Å². The third-order valence-electron chi connectivity index (χ3n) is 13.5. The Morgan fingerprint density at radius 2 is 0.530 bits per heavy atom. The van der Waals surface area contributed by atoms with Gasteiger partial charge in [-0.05, 0) is 138 Å². The Labute approximate surface area is 391 Å². The average Bonchev–Trinajstić information content (AvgIpc) is 3.34. The number of nitrogens with zero attached hydrogens (tertiary/aromatic N) is 2. The maximum atomic E-state index is 2.41. The second-order valence-electron chi connectivity index (χ2n) is 19.8. The van der Waals surface area contributed by atoms with Crippen molar-refractivity contribution in [2.45, 2.75) is 39.3 Å². The van der Waals surface area contributed by atoms with E-state index in [1.54, 1.807) is 0 Å². The van der Waals surface area contributed by atoms with Gasteiger partial charge in [0.1, 0.15) is 0 Å². The Hall–Kier alpha value is -7.25. The van der Waals surface area contributed by atoms with E-state index in [9.17, 15) is 0 Å². The summed E-state index contributed by atoms with van der Waals surface area (Å²) >= 11 is 0. The highest BCUT2D eigenvalue weighted by Crippen LogP contribution is 2.46. The van der Waals surface area contributed by atoms with Crippen LogP contribution >= 0.6 is 0 Å². The molecule has 0 heterocycles.